The van der Waals surface area contributed by atoms with Crippen molar-refractivity contribution in [2.75, 3.05) is 26.7 Å². The number of carbonyl (C=O) groups excluding carboxylic acids is 1. The SMILES string of the molecule is CN=C(NCCCNC(=O)OC(C)(C)C)NCCc1sc(C)nc1C. The number of nitrogens with zero attached hydrogens (tertiary/aromatic N) is 2. The highest BCUT2D eigenvalue weighted by Crippen LogP contribution is 2.16. The summed E-state index contributed by atoms with van der Waals surface area (Å²) in [5.74, 6) is 0.760. The number of hydrogen-bond donors (Lipinski definition) is 3. The van der Waals surface area contributed by atoms with Gasteiger partial charge in [-0.25, -0.2) is 9.78 Å². The highest BCUT2D eigenvalue weighted by molar-refractivity contribution is 7.11. The Hall–Kier alpha value is -1.83. The van der Waals surface area contributed by atoms with Crippen LogP contribution < -0.4 is 16.0 Å². The first-order valence-corrected chi connectivity index (χ1v) is 9.37. The molecule has 0 bridgehead atoms. The average molecular weight is 370 g/mol. The standard InChI is InChI=1S/C17H31N5O2S/c1-12-14(25-13(2)22-12)8-11-20-15(18-6)19-9-7-10-21-16(23)24-17(3,4)5/h7-11H2,1-6H3,(H,21,23)(H2,18,19,20). The molecular formula is C17H31N5O2S. The van der Waals surface area contributed by atoms with Crippen molar-refractivity contribution in [3.8, 4) is 0 Å². The second-order valence-corrected chi connectivity index (χ2v) is 7.99. The number of guanidine groups is 1. The van der Waals surface area contributed by atoms with Crippen LogP contribution in [0.25, 0.3) is 0 Å². The zero-order valence-electron chi connectivity index (χ0n) is 16.2. The van der Waals surface area contributed by atoms with Crippen LogP contribution in [-0.4, -0.2) is 49.3 Å². The van der Waals surface area contributed by atoms with Gasteiger partial charge in [0, 0.05) is 38.0 Å². The third kappa shape index (κ3) is 9.28. The molecular weight excluding hydrogens is 338 g/mol. The maximum Gasteiger partial charge on any atom is 0.407 e. The van der Waals surface area contributed by atoms with Crippen LogP contribution in [0.1, 0.15) is 42.8 Å². The molecule has 0 atom stereocenters. The van der Waals surface area contributed by atoms with Gasteiger partial charge in [-0.05, 0) is 41.0 Å². The van der Waals surface area contributed by atoms with Crippen molar-refractivity contribution in [2.24, 2.45) is 4.99 Å². The summed E-state index contributed by atoms with van der Waals surface area (Å²) in [5.41, 5.74) is 0.643. The molecule has 1 aromatic rings. The zero-order valence-corrected chi connectivity index (χ0v) is 17.0. The molecule has 1 amide bonds. The number of carbonyl (C=O) groups is 1. The fourth-order valence-corrected chi connectivity index (χ4v) is 3.06. The van der Waals surface area contributed by atoms with Gasteiger partial charge in [0.2, 0.25) is 0 Å². The molecule has 3 N–H and O–H groups in total. The van der Waals surface area contributed by atoms with Crippen LogP contribution in [0.2, 0.25) is 0 Å². The summed E-state index contributed by atoms with van der Waals surface area (Å²) in [6.07, 6.45) is 1.33. The van der Waals surface area contributed by atoms with Crippen LogP contribution >= 0.6 is 11.3 Å². The van der Waals surface area contributed by atoms with E-state index in [1.807, 2.05) is 34.6 Å². The lowest BCUT2D eigenvalue weighted by Crippen LogP contribution is -2.40. The number of ether oxygens (including phenoxy) is 1. The Morgan fingerprint density at radius 2 is 1.80 bits per heavy atom. The van der Waals surface area contributed by atoms with Gasteiger partial charge in [0.15, 0.2) is 5.96 Å². The molecule has 8 heteroatoms. The minimum atomic E-state index is -0.469. The van der Waals surface area contributed by atoms with Gasteiger partial charge in [-0.15, -0.1) is 11.3 Å². The molecule has 0 aliphatic rings. The summed E-state index contributed by atoms with van der Waals surface area (Å²) in [7, 11) is 1.75. The van der Waals surface area contributed by atoms with Crippen LogP contribution in [-0.2, 0) is 11.2 Å². The second kappa shape index (κ2) is 10.2. The summed E-state index contributed by atoms with van der Waals surface area (Å²) in [6.45, 7) is 11.7. The topological polar surface area (TPSA) is 87.6 Å². The summed E-state index contributed by atoms with van der Waals surface area (Å²) < 4.78 is 5.18. The van der Waals surface area contributed by atoms with Gasteiger partial charge in [0.1, 0.15) is 5.60 Å². The Kier molecular flexibility index (Phi) is 8.68. The van der Waals surface area contributed by atoms with Gasteiger partial charge < -0.3 is 20.7 Å². The molecule has 0 spiro atoms. The smallest absolute Gasteiger partial charge is 0.407 e. The number of nitrogens with one attached hydrogen (secondary N) is 3. The highest BCUT2D eigenvalue weighted by Gasteiger charge is 2.15. The van der Waals surface area contributed by atoms with Crippen LogP contribution in [0.3, 0.4) is 0 Å². The third-order valence-electron chi connectivity index (χ3n) is 3.18. The summed E-state index contributed by atoms with van der Waals surface area (Å²) in [4.78, 5) is 21.5. The van der Waals surface area contributed by atoms with E-state index in [2.05, 4.69) is 25.9 Å². The molecule has 1 aromatic heterocycles. The first-order valence-electron chi connectivity index (χ1n) is 8.55. The van der Waals surface area contributed by atoms with E-state index < -0.39 is 5.60 Å². The number of hydrogen-bond acceptors (Lipinski definition) is 5. The maximum atomic E-state index is 11.5. The van der Waals surface area contributed by atoms with E-state index in [9.17, 15) is 4.79 Å². The molecule has 1 rings (SSSR count). The Morgan fingerprint density at radius 3 is 2.36 bits per heavy atom. The van der Waals surface area contributed by atoms with Gasteiger partial charge in [-0.3, -0.25) is 4.99 Å². The third-order valence-corrected chi connectivity index (χ3v) is 4.31. The van der Waals surface area contributed by atoms with Gasteiger partial charge in [0.25, 0.3) is 0 Å². The number of aromatic nitrogens is 1. The molecule has 0 radical (unpaired) electrons. The number of rotatable bonds is 7. The Morgan fingerprint density at radius 1 is 1.16 bits per heavy atom. The molecule has 142 valence electrons. The van der Waals surface area contributed by atoms with Crippen molar-refractivity contribution >= 4 is 23.4 Å². The zero-order chi connectivity index (χ0) is 18.9. The molecule has 0 fully saturated rings. The van der Waals surface area contributed by atoms with E-state index in [0.717, 1.165) is 36.0 Å². The minimum absolute atomic E-state index is 0.384. The van der Waals surface area contributed by atoms with Crippen molar-refractivity contribution in [3.05, 3.63) is 15.6 Å². The monoisotopic (exact) mass is 369 g/mol. The molecule has 0 aliphatic heterocycles. The van der Waals surface area contributed by atoms with E-state index in [1.165, 1.54) is 4.88 Å². The molecule has 0 aromatic carbocycles. The molecule has 0 aliphatic carbocycles. The van der Waals surface area contributed by atoms with Crippen LogP contribution in [0.4, 0.5) is 4.79 Å². The van der Waals surface area contributed by atoms with Crippen molar-refractivity contribution in [1.82, 2.24) is 20.9 Å². The predicted molar refractivity (Wildman–Crippen MR) is 104 cm³/mol. The fraction of sp³-hybridized carbons (Fsp3) is 0.706. The molecule has 0 unspecified atom stereocenters. The first kappa shape index (κ1) is 21.2. The molecule has 25 heavy (non-hydrogen) atoms. The Balaban J connectivity index is 2.16. The minimum Gasteiger partial charge on any atom is -0.444 e. The Bertz CT molecular complexity index is 578. The van der Waals surface area contributed by atoms with Gasteiger partial charge >= 0.3 is 6.09 Å². The van der Waals surface area contributed by atoms with Crippen LogP contribution in [0.5, 0.6) is 0 Å². The summed E-state index contributed by atoms with van der Waals surface area (Å²) >= 11 is 1.74. The lowest BCUT2D eigenvalue weighted by molar-refractivity contribution is 0.0527. The Labute approximate surface area is 154 Å². The lowest BCUT2D eigenvalue weighted by atomic mass is 10.2. The maximum absolute atomic E-state index is 11.5. The fourth-order valence-electron chi connectivity index (χ4n) is 2.12. The quantitative estimate of drug-likeness (QED) is 0.390. The predicted octanol–water partition coefficient (Wildman–Crippen LogP) is 2.38. The number of thiazole rings is 1. The molecule has 7 nitrogen and oxygen atoms in total. The molecule has 0 saturated heterocycles. The van der Waals surface area contributed by atoms with Crippen molar-refractivity contribution < 1.29 is 9.53 Å². The first-order chi connectivity index (χ1) is 11.7. The largest absolute Gasteiger partial charge is 0.444 e. The van der Waals surface area contributed by atoms with E-state index >= 15 is 0 Å². The number of alkyl carbamates (subject to hydrolysis) is 1. The van der Waals surface area contributed by atoms with Gasteiger partial charge in [-0.1, -0.05) is 0 Å². The number of aliphatic imine (C=N–C) groups is 1. The number of aryl methyl sites for hydroxylation is 2. The normalized spacial score (nSPS) is 12.0. The van der Waals surface area contributed by atoms with E-state index in [4.69, 9.17) is 4.74 Å². The van der Waals surface area contributed by atoms with Gasteiger partial charge in [0.05, 0.1) is 10.7 Å². The summed E-state index contributed by atoms with van der Waals surface area (Å²) in [5, 5.41) is 10.4. The van der Waals surface area contributed by atoms with Crippen LogP contribution in [0, 0.1) is 13.8 Å². The van der Waals surface area contributed by atoms with Gasteiger partial charge in [-0.2, -0.15) is 0 Å². The second-order valence-electron chi connectivity index (χ2n) is 6.70. The van der Waals surface area contributed by atoms with E-state index in [1.54, 1.807) is 18.4 Å². The summed E-state index contributed by atoms with van der Waals surface area (Å²) in [6, 6.07) is 0. The van der Waals surface area contributed by atoms with Crippen molar-refractivity contribution in [2.45, 2.75) is 53.1 Å². The molecule has 0 saturated carbocycles. The highest BCUT2D eigenvalue weighted by atomic mass is 32.1. The van der Waals surface area contributed by atoms with Crippen molar-refractivity contribution in [3.63, 3.8) is 0 Å². The van der Waals surface area contributed by atoms with E-state index in [-0.39, 0.29) is 6.09 Å². The lowest BCUT2D eigenvalue weighted by Gasteiger charge is -2.19. The van der Waals surface area contributed by atoms with Crippen molar-refractivity contribution in [1.29, 1.82) is 0 Å². The van der Waals surface area contributed by atoms with Crippen LogP contribution in [0.15, 0.2) is 4.99 Å². The average Bonchev–Trinajstić information content (AvgIpc) is 2.81. The number of amides is 1. The van der Waals surface area contributed by atoms with E-state index in [0.29, 0.717) is 13.1 Å². The molecule has 1 heterocycles.